The summed E-state index contributed by atoms with van der Waals surface area (Å²) in [5.74, 6) is 1.49. The highest BCUT2D eigenvalue weighted by atomic mass is 19.1. The van der Waals surface area contributed by atoms with Gasteiger partial charge in [0, 0.05) is 18.5 Å². The third-order valence-corrected chi connectivity index (χ3v) is 5.27. The molecule has 5 rings (SSSR count). The van der Waals surface area contributed by atoms with Crippen molar-refractivity contribution >= 4 is 16.9 Å². The topological polar surface area (TPSA) is 75.0 Å². The molecule has 7 heteroatoms. The number of imidazole rings is 1. The van der Waals surface area contributed by atoms with E-state index in [1.807, 2.05) is 4.90 Å². The molecule has 3 heterocycles. The maximum Gasteiger partial charge on any atom is 0.276 e. The van der Waals surface area contributed by atoms with E-state index in [9.17, 15) is 9.18 Å². The summed E-state index contributed by atoms with van der Waals surface area (Å²) < 4.78 is 18.8. The van der Waals surface area contributed by atoms with Gasteiger partial charge in [0.2, 0.25) is 0 Å². The molecule has 1 aromatic carbocycles. The van der Waals surface area contributed by atoms with Crippen LogP contribution in [0.1, 0.15) is 66.1 Å². The molecule has 1 aliphatic heterocycles. The Balaban J connectivity index is 1.46. The maximum absolute atomic E-state index is 13.5. The molecular weight excluding hydrogens is 335 g/mol. The zero-order valence-corrected chi connectivity index (χ0v) is 14.2. The van der Waals surface area contributed by atoms with Crippen LogP contribution in [0.15, 0.2) is 28.8 Å². The predicted octanol–water partition coefficient (Wildman–Crippen LogP) is 3.93. The molecule has 2 aromatic heterocycles. The van der Waals surface area contributed by atoms with Crippen LogP contribution in [0, 0.1) is 5.82 Å². The van der Waals surface area contributed by atoms with E-state index in [0.29, 0.717) is 35.0 Å². The number of nitrogens with one attached hydrogen (secondary N) is 1. The van der Waals surface area contributed by atoms with Crippen LogP contribution < -0.4 is 0 Å². The average molecular weight is 354 g/mol. The summed E-state index contributed by atoms with van der Waals surface area (Å²) in [6.45, 7) is 0.653. The van der Waals surface area contributed by atoms with Crippen LogP contribution in [-0.4, -0.2) is 32.5 Å². The highest BCUT2D eigenvalue weighted by Crippen LogP contribution is 2.40. The molecule has 1 saturated carbocycles. The Hall–Kier alpha value is -2.70. The van der Waals surface area contributed by atoms with Crippen molar-refractivity contribution < 1.29 is 13.7 Å². The van der Waals surface area contributed by atoms with Crippen LogP contribution in [0.5, 0.6) is 0 Å². The molecule has 6 nitrogen and oxygen atoms in total. The van der Waals surface area contributed by atoms with Crippen molar-refractivity contribution in [3.05, 3.63) is 47.4 Å². The molecule has 2 aliphatic rings. The number of amides is 1. The van der Waals surface area contributed by atoms with E-state index in [2.05, 4.69) is 15.1 Å². The first-order valence-electron chi connectivity index (χ1n) is 9.12. The van der Waals surface area contributed by atoms with Gasteiger partial charge in [-0.2, -0.15) is 0 Å². The summed E-state index contributed by atoms with van der Waals surface area (Å²) in [6.07, 6.45) is 4.99. The molecule has 1 saturated heterocycles. The summed E-state index contributed by atoms with van der Waals surface area (Å²) in [7, 11) is 0. The SMILES string of the molecule is O=C(c1cc(C2CC2)on1)N1CCCC[C@H]1c1nc2ccc(F)cc2[nH]1. The van der Waals surface area contributed by atoms with Crippen LogP contribution in [0.2, 0.25) is 0 Å². The zero-order valence-electron chi connectivity index (χ0n) is 14.2. The number of piperidine rings is 1. The molecular formula is C19H19FN4O2. The van der Waals surface area contributed by atoms with E-state index >= 15 is 0 Å². The molecule has 1 amide bonds. The molecule has 0 radical (unpaired) electrons. The molecule has 3 aromatic rings. The number of likely N-dealkylation sites (tertiary alicyclic amines) is 1. The standard InChI is InChI=1S/C19H19FN4O2/c20-12-6-7-13-14(9-12)22-18(21-13)16-3-1-2-8-24(16)19(25)15-10-17(26-23-15)11-4-5-11/h6-7,9-11,16H,1-5,8H2,(H,21,22)/t16-/m0/s1. The van der Waals surface area contributed by atoms with E-state index < -0.39 is 0 Å². The van der Waals surface area contributed by atoms with Crippen LogP contribution in [-0.2, 0) is 0 Å². The number of hydrogen-bond acceptors (Lipinski definition) is 4. The third-order valence-electron chi connectivity index (χ3n) is 5.27. The molecule has 26 heavy (non-hydrogen) atoms. The van der Waals surface area contributed by atoms with E-state index in [-0.39, 0.29) is 17.8 Å². The first kappa shape index (κ1) is 15.5. The summed E-state index contributed by atoms with van der Waals surface area (Å²) in [6, 6.07) is 6.10. The number of carbonyl (C=O) groups excluding carboxylic acids is 1. The Morgan fingerprint density at radius 1 is 1.23 bits per heavy atom. The number of benzene rings is 1. The van der Waals surface area contributed by atoms with Crippen molar-refractivity contribution in [3.63, 3.8) is 0 Å². The van der Waals surface area contributed by atoms with Crippen molar-refractivity contribution in [2.24, 2.45) is 0 Å². The van der Waals surface area contributed by atoms with Gasteiger partial charge >= 0.3 is 0 Å². The van der Waals surface area contributed by atoms with E-state index in [1.54, 1.807) is 12.1 Å². The molecule has 0 bridgehead atoms. The number of fused-ring (bicyclic) bond motifs is 1. The first-order chi connectivity index (χ1) is 12.7. The molecule has 1 aliphatic carbocycles. The lowest BCUT2D eigenvalue weighted by atomic mass is 10.0. The molecule has 0 unspecified atom stereocenters. The first-order valence-corrected chi connectivity index (χ1v) is 9.12. The number of carbonyl (C=O) groups is 1. The third kappa shape index (κ3) is 2.67. The minimum Gasteiger partial charge on any atom is -0.360 e. The number of rotatable bonds is 3. The minimum absolute atomic E-state index is 0.128. The molecule has 2 fully saturated rings. The van der Waals surface area contributed by atoms with Gasteiger partial charge in [0.25, 0.3) is 5.91 Å². The van der Waals surface area contributed by atoms with Crippen LogP contribution in [0.25, 0.3) is 11.0 Å². The average Bonchev–Trinajstić information content (AvgIpc) is 3.24. The largest absolute Gasteiger partial charge is 0.360 e. The number of aromatic nitrogens is 3. The Labute approximate surface area is 149 Å². The quantitative estimate of drug-likeness (QED) is 0.773. The fourth-order valence-corrected chi connectivity index (χ4v) is 3.72. The number of nitrogens with zero attached hydrogens (tertiary/aromatic N) is 3. The number of hydrogen-bond donors (Lipinski definition) is 1. The second-order valence-electron chi connectivity index (χ2n) is 7.18. The van der Waals surface area contributed by atoms with Gasteiger partial charge in [0.15, 0.2) is 5.69 Å². The monoisotopic (exact) mass is 354 g/mol. The second-order valence-corrected chi connectivity index (χ2v) is 7.18. The fourth-order valence-electron chi connectivity index (χ4n) is 3.72. The zero-order chi connectivity index (χ0) is 17.7. The van der Waals surface area contributed by atoms with Gasteiger partial charge in [-0.1, -0.05) is 5.16 Å². The van der Waals surface area contributed by atoms with Gasteiger partial charge in [0.05, 0.1) is 17.1 Å². The highest BCUT2D eigenvalue weighted by molar-refractivity contribution is 5.92. The second kappa shape index (κ2) is 5.93. The molecule has 0 spiro atoms. The van der Waals surface area contributed by atoms with Gasteiger partial charge < -0.3 is 14.4 Å². The van der Waals surface area contributed by atoms with Gasteiger partial charge in [-0.15, -0.1) is 0 Å². The normalized spacial score (nSPS) is 20.7. The summed E-state index contributed by atoms with van der Waals surface area (Å²) >= 11 is 0. The minimum atomic E-state index is -0.306. The van der Waals surface area contributed by atoms with Crippen LogP contribution in [0.3, 0.4) is 0 Å². The Bertz CT molecular complexity index is 975. The van der Waals surface area contributed by atoms with Crippen molar-refractivity contribution in [1.29, 1.82) is 0 Å². The van der Waals surface area contributed by atoms with Crippen LogP contribution in [0.4, 0.5) is 4.39 Å². The van der Waals surface area contributed by atoms with Gasteiger partial charge in [0.1, 0.15) is 17.4 Å². The number of halogens is 1. The Kier molecular flexibility index (Phi) is 3.55. The van der Waals surface area contributed by atoms with Crippen molar-refractivity contribution in [3.8, 4) is 0 Å². The van der Waals surface area contributed by atoms with Gasteiger partial charge in [-0.3, -0.25) is 4.79 Å². The fraction of sp³-hybridized carbons (Fsp3) is 0.421. The Morgan fingerprint density at radius 3 is 2.96 bits per heavy atom. The predicted molar refractivity (Wildman–Crippen MR) is 92.2 cm³/mol. The van der Waals surface area contributed by atoms with Crippen LogP contribution >= 0.6 is 0 Å². The van der Waals surface area contributed by atoms with Gasteiger partial charge in [-0.25, -0.2) is 9.37 Å². The lowest BCUT2D eigenvalue weighted by Crippen LogP contribution is -2.39. The van der Waals surface area contributed by atoms with Gasteiger partial charge in [-0.05, 0) is 50.3 Å². The van der Waals surface area contributed by atoms with Crippen molar-refractivity contribution in [2.45, 2.75) is 44.1 Å². The lowest BCUT2D eigenvalue weighted by molar-refractivity contribution is 0.0590. The van der Waals surface area contributed by atoms with E-state index in [1.165, 1.54) is 12.1 Å². The van der Waals surface area contributed by atoms with Crippen molar-refractivity contribution in [1.82, 2.24) is 20.0 Å². The maximum atomic E-state index is 13.5. The smallest absolute Gasteiger partial charge is 0.276 e. The number of H-pyrrole nitrogens is 1. The summed E-state index contributed by atoms with van der Waals surface area (Å²) in [5, 5.41) is 3.99. The number of aromatic amines is 1. The molecule has 1 N–H and O–H groups in total. The Morgan fingerprint density at radius 2 is 2.12 bits per heavy atom. The summed E-state index contributed by atoms with van der Waals surface area (Å²) in [5.41, 5.74) is 1.72. The summed E-state index contributed by atoms with van der Waals surface area (Å²) in [4.78, 5) is 22.6. The molecule has 1 atom stereocenters. The molecule has 134 valence electrons. The highest BCUT2D eigenvalue weighted by Gasteiger charge is 2.34. The van der Waals surface area contributed by atoms with E-state index in [4.69, 9.17) is 4.52 Å². The van der Waals surface area contributed by atoms with E-state index in [0.717, 1.165) is 37.9 Å². The lowest BCUT2D eigenvalue weighted by Gasteiger charge is -2.33. The van der Waals surface area contributed by atoms with Crippen molar-refractivity contribution in [2.75, 3.05) is 6.54 Å².